The molecule has 2 aromatic rings. The van der Waals surface area contributed by atoms with Gasteiger partial charge in [0.2, 0.25) is 5.91 Å². The van der Waals surface area contributed by atoms with Crippen LogP contribution in [0.5, 0.6) is 0 Å². The molecule has 0 aromatic heterocycles. The van der Waals surface area contributed by atoms with Gasteiger partial charge in [0, 0.05) is 29.0 Å². The van der Waals surface area contributed by atoms with Crippen molar-refractivity contribution in [2.24, 2.45) is 11.7 Å². The highest BCUT2D eigenvalue weighted by Crippen LogP contribution is 2.47. The second-order valence-electron chi connectivity index (χ2n) is 8.06. The Labute approximate surface area is 182 Å². The van der Waals surface area contributed by atoms with Gasteiger partial charge in [-0.1, -0.05) is 48.0 Å². The number of carbonyl (C=O) groups excluding carboxylic acids is 1. The molecule has 158 valence electrons. The van der Waals surface area contributed by atoms with Crippen molar-refractivity contribution in [2.45, 2.75) is 38.0 Å². The molecule has 1 atom stereocenters. The van der Waals surface area contributed by atoms with Gasteiger partial charge in [-0.05, 0) is 56.1 Å². The van der Waals surface area contributed by atoms with Crippen molar-refractivity contribution >= 4 is 17.5 Å². The third-order valence-electron chi connectivity index (χ3n) is 6.19. The Morgan fingerprint density at radius 1 is 1.13 bits per heavy atom. The minimum Gasteiger partial charge on any atom is -0.452 e. The smallest absolute Gasteiger partial charge is 0.280 e. The quantitative estimate of drug-likeness (QED) is 0.729. The molecule has 1 saturated heterocycles. The highest BCUT2D eigenvalue weighted by atomic mass is 35.5. The minimum absolute atomic E-state index is 0.143. The molecule has 6 heteroatoms. The zero-order chi connectivity index (χ0) is 21.1. The lowest BCUT2D eigenvalue weighted by Crippen LogP contribution is -2.47. The molecular weight excluding hydrogens is 400 g/mol. The number of halogens is 1. The Balaban J connectivity index is 1.61. The number of amides is 1. The van der Waals surface area contributed by atoms with Crippen LogP contribution in [0.3, 0.4) is 0 Å². The molecule has 0 saturated carbocycles. The predicted octanol–water partition coefficient (Wildman–Crippen LogP) is 4.65. The predicted molar refractivity (Wildman–Crippen MR) is 117 cm³/mol. The van der Waals surface area contributed by atoms with Crippen LogP contribution in [0, 0.1) is 5.92 Å². The second kappa shape index (κ2) is 8.70. The summed E-state index contributed by atoms with van der Waals surface area (Å²) in [6.07, 6.45) is 5.46. The number of primary amides is 1. The van der Waals surface area contributed by atoms with Gasteiger partial charge in [0.05, 0.1) is 0 Å². The Morgan fingerprint density at radius 3 is 2.40 bits per heavy atom. The zero-order valence-corrected chi connectivity index (χ0v) is 17.8. The van der Waals surface area contributed by atoms with E-state index in [1.54, 1.807) is 12.5 Å². The fourth-order valence-electron chi connectivity index (χ4n) is 4.63. The summed E-state index contributed by atoms with van der Waals surface area (Å²) in [6.45, 7) is 3.80. The first-order valence-corrected chi connectivity index (χ1v) is 10.8. The van der Waals surface area contributed by atoms with Crippen LogP contribution in [0.25, 0.3) is 11.1 Å². The van der Waals surface area contributed by atoms with E-state index in [0.717, 1.165) is 42.6 Å². The van der Waals surface area contributed by atoms with Crippen molar-refractivity contribution in [3.8, 4) is 11.1 Å². The summed E-state index contributed by atoms with van der Waals surface area (Å²) in [7, 11) is 0. The lowest BCUT2D eigenvalue weighted by molar-refractivity contribution is -0.201. The lowest BCUT2D eigenvalue weighted by atomic mass is 9.81. The average molecular weight is 427 g/mol. The van der Waals surface area contributed by atoms with Gasteiger partial charge in [-0.3, -0.25) is 4.79 Å². The Hall–Kier alpha value is -2.50. The first-order chi connectivity index (χ1) is 14.5. The molecule has 0 bridgehead atoms. The molecule has 1 fully saturated rings. The number of rotatable bonds is 6. The van der Waals surface area contributed by atoms with Crippen molar-refractivity contribution in [1.82, 2.24) is 4.90 Å². The Bertz CT molecular complexity index is 912. The normalized spacial score (nSPS) is 19.8. The largest absolute Gasteiger partial charge is 0.452 e. The van der Waals surface area contributed by atoms with Crippen LogP contribution >= 0.6 is 11.6 Å². The highest BCUT2D eigenvalue weighted by molar-refractivity contribution is 6.30. The van der Waals surface area contributed by atoms with Crippen molar-refractivity contribution in [2.75, 3.05) is 13.1 Å². The molecule has 0 spiro atoms. The number of nitrogens with zero attached hydrogens (tertiary/aromatic N) is 1. The molecule has 30 heavy (non-hydrogen) atoms. The van der Waals surface area contributed by atoms with E-state index in [1.165, 1.54) is 0 Å². The number of hydrogen-bond donors (Lipinski definition) is 1. The van der Waals surface area contributed by atoms with Crippen LogP contribution in [0.2, 0.25) is 5.02 Å². The molecule has 2 aliphatic heterocycles. The summed E-state index contributed by atoms with van der Waals surface area (Å²) in [5.74, 6) is -0.933. The molecule has 0 radical (unpaired) electrons. The number of ether oxygens (including phenoxy) is 2. The van der Waals surface area contributed by atoms with E-state index < -0.39 is 5.79 Å². The number of likely N-dealkylation sites (tertiary alicyclic amines) is 1. The monoisotopic (exact) mass is 426 g/mol. The molecule has 0 aliphatic carbocycles. The van der Waals surface area contributed by atoms with Gasteiger partial charge in [-0.2, -0.15) is 0 Å². The van der Waals surface area contributed by atoms with Crippen LogP contribution in [-0.2, 0) is 20.1 Å². The summed E-state index contributed by atoms with van der Waals surface area (Å²) >= 11 is 6.09. The van der Waals surface area contributed by atoms with E-state index >= 15 is 0 Å². The maximum absolute atomic E-state index is 11.3. The summed E-state index contributed by atoms with van der Waals surface area (Å²) in [5, 5.41) is 0.707. The molecule has 1 amide bonds. The standard InChI is InChI=1S/C24H27ClN2O3/c1-17(16-23(26)28)27-12-10-19(11-13-27)24(29-14-15-30-24)22-5-3-2-4-21(22)18-6-8-20(25)9-7-18/h2-9,14-15,17,19H,10-13,16H2,1H3,(H2,26,28). The fourth-order valence-corrected chi connectivity index (χ4v) is 4.76. The molecule has 2 N–H and O–H groups in total. The van der Waals surface area contributed by atoms with Gasteiger partial charge in [-0.25, -0.2) is 0 Å². The molecule has 2 heterocycles. The van der Waals surface area contributed by atoms with E-state index in [-0.39, 0.29) is 17.9 Å². The number of nitrogens with two attached hydrogens (primary N) is 1. The first-order valence-electron chi connectivity index (χ1n) is 10.4. The van der Waals surface area contributed by atoms with E-state index in [1.807, 2.05) is 36.4 Å². The van der Waals surface area contributed by atoms with Gasteiger partial charge < -0.3 is 20.1 Å². The van der Waals surface area contributed by atoms with Gasteiger partial charge in [-0.15, -0.1) is 0 Å². The van der Waals surface area contributed by atoms with Crippen LogP contribution in [-0.4, -0.2) is 29.9 Å². The van der Waals surface area contributed by atoms with Crippen molar-refractivity contribution in [3.05, 3.63) is 71.6 Å². The van der Waals surface area contributed by atoms with Crippen LogP contribution in [0.15, 0.2) is 61.1 Å². The SMILES string of the molecule is CC(CC(N)=O)N1CCC(C2(c3ccccc3-c3ccc(Cl)cc3)OC=CO2)CC1. The summed E-state index contributed by atoms with van der Waals surface area (Å²) in [6, 6.07) is 16.2. The molecule has 5 nitrogen and oxygen atoms in total. The van der Waals surface area contributed by atoms with Crippen LogP contribution < -0.4 is 5.73 Å². The summed E-state index contributed by atoms with van der Waals surface area (Å²) in [5.41, 5.74) is 8.54. The maximum Gasteiger partial charge on any atom is 0.280 e. The number of benzene rings is 2. The van der Waals surface area contributed by atoms with Gasteiger partial charge >= 0.3 is 0 Å². The van der Waals surface area contributed by atoms with E-state index in [4.69, 9.17) is 26.8 Å². The Kier molecular flexibility index (Phi) is 6.02. The fraction of sp³-hybridized carbons (Fsp3) is 0.375. The average Bonchev–Trinajstić information content (AvgIpc) is 3.25. The topological polar surface area (TPSA) is 64.8 Å². The van der Waals surface area contributed by atoms with Gasteiger partial charge in [0.1, 0.15) is 12.5 Å². The van der Waals surface area contributed by atoms with Crippen molar-refractivity contribution in [3.63, 3.8) is 0 Å². The molecule has 1 unspecified atom stereocenters. The van der Waals surface area contributed by atoms with Gasteiger partial charge in [0.25, 0.3) is 5.79 Å². The summed E-state index contributed by atoms with van der Waals surface area (Å²) < 4.78 is 12.4. The van der Waals surface area contributed by atoms with Crippen molar-refractivity contribution in [1.29, 1.82) is 0 Å². The van der Waals surface area contributed by atoms with Crippen LogP contribution in [0.1, 0.15) is 31.7 Å². The number of carbonyl (C=O) groups is 1. The van der Waals surface area contributed by atoms with E-state index in [2.05, 4.69) is 24.0 Å². The molecule has 4 rings (SSSR count). The summed E-state index contributed by atoms with van der Waals surface area (Å²) in [4.78, 5) is 13.6. The van der Waals surface area contributed by atoms with Crippen LogP contribution in [0.4, 0.5) is 0 Å². The molecule has 2 aliphatic rings. The van der Waals surface area contributed by atoms with Crippen molar-refractivity contribution < 1.29 is 14.3 Å². The number of piperidine rings is 1. The second-order valence-corrected chi connectivity index (χ2v) is 8.49. The van der Waals surface area contributed by atoms with Gasteiger partial charge in [0.15, 0.2) is 0 Å². The highest BCUT2D eigenvalue weighted by Gasteiger charge is 2.48. The minimum atomic E-state index is -0.852. The Morgan fingerprint density at radius 2 is 1.77 bits per heavy atom. The number of hydrogen-bond acceptors (Lipinski definition) is 4. The lowest BCUT2D eigenvalue weighted by Gasteiger charge is -2.43. The van der Waals surface area contributed by atoms with E-state index in [0.29, 0.717) is 11.4 Å². The third-order valence-corrected chi connectivity index (χ3v) is 6.44. The first kappa shape index (κ1) is 20.8. The molecule has 2 aromatic carbocycles. The zero-order valence-electron chi connectivity index (χ0n) is 17.1. The maximum atomic E-state index is 11.3. The third kappa shape index (κ3) is 4.05. The molecular formula is C24H27ClN2O3. The van der Waals surface area contributed by atoms with E-state index in [9.17, 15) is 4.79 Å².